The summed E-state index contributed by atoms with van der Waals surface area (Å²) in [7, 11) is -3.89. The summed E-state index contributed by atoms with van der Waals surface area (Å²) in [5.41, 5.74) is 0.883. The zero-order valence-electron chi connectivity index (χ0n) is 18.2. The van der Waals surface area contributed by atoms with Crippen molar-refractivity contribution in [1.82, 2.24) is 4.31 Å². The minimum Gasteiger partial charge on any atom is -0.449 e. The average molecular weight is 481 g/mol. The normalized spacial score (nSPS) is 12.3. The van der Waals surface area contributed by atoms with Gasteiger partial charge in [-0.3, -0.25) is 9.59 Å². The SMILES string of the molecule is CCN(CC)S(=O)(=O)c1cc(C(=O)OC(C)C(=O)Nc2ccc(C(C)=O)cc2)ccc1Cl. The molecule has 0 spiro atoms. The summed E-state index contributed by atoms with van der Waals surface area (Å²) < 4.78 is 32.0. The summed E-state index contributed by atoms with van der Waals surface area (Å²) in [6.45, 7) is 6.70. The van der Waals surface area contributed by atoms with Gasteiger partial charge in [0.1, 0.15) is 4.90 Å². The zero-order valence-corrected chi connectivity index (χ0v) is 19.8. The summed E-state index contributed by atoms with van der Waals surface area (Å²) in [6.07, 6.45) is -1.16. The third-order valence-corrected chi connectivity index (χ3v) is 7.23. The largest absolute Gasteiger partial charge is 0.449 e. The minimum atomic E-state index is -3.89. The Hall–Kier alpha value is -2.75. The maximum Gasteiger partial charge on any atom is 0.338 e. The molecule has 0 saturated heterocycles. The highest BCUT2D eigenvalue weighted by atomic mass is 35.5. The van der Waals surface area contributed by atoms with Crippen LogP contribution in [-0.2, 0) is 19.6 Å². The Morgan fingerprint density at radius 1 is 1.03 bits per heavy atom. The lowest BCUT2D eigenvalue weighted by molar-refractivity contribution is -0.123. The van der Waals surface area contributed by atoms with Crippen LogP contribution in [-0.4, -0.2) is 49.6 Å². The number of ketones is 1. The number of carbonyl (C=O) groups excluding carboxylic acids is 3. The van der Waals surface area contributed by atoms with Crippen molar-refractivity contribution in [2.75, 3.05) is 18.4 Å². The molecule has 1 unspecified atom stereocenters. The molecule has 0 heterocycles. The van der Waals surface area contributed by atoms with Crippen LogP contribution in [0.3, 0.4) is 0 Å². The van der Waals surface area contributed by atoms with Crippen molar-refractivity contribution in [1.29, 1.82) is 0 Å². The molecule has 0 saturated carbocycles. The van der Waals surface area contributed by atoms with Gasteiger partial charge in [-0.05, 0) is 56.3 Å². The monoisotopic (exact) mass is 480 g/mol. The van der Waals surface area contributed by atoms with E-state index in [0.29, 0.717) is 11.3 Å². The quantitative estimate of drug-likeness (QED) is 0.432. The Labute approximate surface area is 192 Å². The number of carbonyl (C=O) groups is 3. The van der Waals surface area contributed by atoms with Gasteiger partial charge in [0, 0.05) is 24.3 Å². The van der Waals surface area contributed by atoms with E-state index in [0.717, 1.165) is 6.07 Å². The number of nitrogens with zero attached hydrogens (tertiary/aromatic N) is 1. The molecule has 8 nitrogen and oxygen atoms in total. The molecule has 172 valence electrons. The lowest BCUT2D eigenvalue weighted by Gasteiger charge is -2.20. The van der Waals surface area contributed by atoms with E-state index in [4.69, 9.17) is 16.3 Å². The van der Waals surface area contributed by atoms with Crippen LogP contribution < -0.4 is 5.32 Å². The number of ether oxygens (including phenoxy) is 1. The maximum absolute atomic E-state index is 12.8. The molecule has 10 heteroatoms. The maximum atomic E-state index is 12.8. The molecule has 2 rings (SSSR count). The fraction of sp³-hybridized carbons (Fsp3) is 0.318. The Morgan fingerprint density at radius 3 is 2.12 bits per heavy atom. The van der Waals surface area contributed by atoms with Crippen LogP contribution in [0.2, 0.25) is 5.02 Å². The van der Waals surface area contributed by atoms with Gasteiger partial charge in [0.05, 0.1) is 10.6 Å². The van der Waals surface area contributed by atoms with Crippen molar-refractivity contribution in [3.05, 3.63) is 58.6 Å². The zero-order chi connectivity index (χ0) is 24.1. The molecule has 2 aromatic rings. The Kier molecular flexibility index (Phi) is 8.54. The molecule has 1 N–H and O–H groups in total. The molecule has 0 aliphatic rings. The van der Waals surface area contributed by atoms with Gasteiger partial charge in [-0.15, -0.1) is 0 Å². The van der Waals surface area contributed by atoms with Gasteiger partial charge in [0.15, 0.2) is 11.9 Å². The molecule has 0 aromatic heterocycles. The Morgan fingerprint density at radius 2 is 1.59 bits per heavy atom. The second kappa shape index (κ2) is 10.7. The molecule has 32 heavy (non-hydrogen) atoms. The predicted octanol–water partition coefficient (Wildman–Crippen LogP) is 3.76. The van der Waals surface area contributed by atoms with Crippen LogP contribution in [0.5, 0.6) is 0 Å². The minimum absolute atomic E-state index is 0.0201. The molecule has 0 fully saturated rings. The van der Waals surface area contributed by atoms with Crippen LogP contribution in [0.15, 0.2) is 47.4 Å². The summed E-state index contributed by atoms with van der Waals surface area (Å²) in [4.78, 5) is 36.0. The van der Waals surface area contributed by atoms with E-state index in [9.17, 15) is 22.8 Å². The number of rotatable bonds is 9. The number of benzene rings is 2. The number of Topliss-reactive ketones (excluding diaryl/α,β-unsaturated/α-hetero) is 1. The number of sulfonamides is 1. The number of amides is 1. The number of halogens is 1. The van der Waals surface area contributed by atoms with Crippen molar-refractivity contribution in [3.8, 4) is 0 Å². The molecule has 2 aromatic carbocycles. The van der Waals surface area contributed by atoms with Gasteiger partial charge >= 0.3 is 5.97 Å². The standard InChI is InChI=1S/C22H25ClN2O6S/c1-5-25(6-2)32(29,30)20-13-17(9-12-19(20)23)22(28)31-15(4)21(27)24-18-10-7-16(8-11-18)14(3)26/h7-13,15H,5-6H2,1-4H3,(H,24,27). The van der Waals surface area contributed by atoms with E-state index >= 15 is 0 Å². The number of hydrogen-bond acceptors (Lipinski definition) is 6. The third kappa shape index (κ3) is 5.93. The van der Waals surface area contributed by atoms with Crippen molar-refractivity contribution < 1.29 is 27.5 Å². The van der Waals surface area contributed by atoms with Crippen LogP contribution >= 0.6 is 11.6 Å². The van der Waals surface area contributed by atoms with Crippen LogP contribution in [0.1, 0.15) is 48.4 Å². The van der Waals surface area contributed by atoms with Crippen LogP contribution in [0, 0.1) is 0 Å². The number of anilines is 1. The fourth-order valence-electron chi connectivity index (χ4n) is 2.84. The highest BCUT2D eigenvalue weighted by Crippen LogP contribution is 2.26. The summed E-state index contributed by atoms with van der Waals surface area (Å²) in [5.74, 6) is -1.55. The van der Waals surface area contributed by atoms with Crippen LogP contribution in [0.25, 0.3) is 0 Å². The first-order chi connectivity index (χ1) is 15.0. The van der Waals surface area contributed by atoms with E-state index < -0.39 is 28.0 Å². The third-order valence-electron chi connectivity index (χ3n) is 4.70. The van der Waals surface area contributed by atoms with E-state index in [1.165, 1.54) is 30.3 Å². The first-order valence-corrected chi connectivity index (χ1v) is 11.8. The van der Waals surface area contributed by atoms with Gasteiger partial charge in [0.2, 0.25) is 10.0 Å². The molecule has 1 amide bonds. The van der Waals surface area contributed by atoms with Crippen molar-refractivity contribution in [2.24, 2.45) is 0 Å². The van der Waals surface area contributed by atoms with Gasteiger partial charge in [0.25, 0.3) is 5.91 Å². The van der Waals surface area contributed by atoms with E-state index in [1.54, 1.807) is 38.1 Å². The van der Waals surface area contributed by atoms with Crippen molar-refractivity contribution in [2.45, 2.75) is 38.7 Å². The second-order valence-electron chi connectivity index (χ2n) is 6.90. The highest BCUT2D eigenvalue weighted by molar-refractivity contribution is 7.89. The van der Waals surface area contributed by atoms with E-state index in [-0.39, 0.29) is 34.4 Å². The Bertz CT molecular complexity index is 1110. The first kappa shape index (κ1) is 25.5. The van der Waals surface area contributed by atoms with E-state index in [2.05, 4.69) is 5.32 Å². The predicted molar refractivity (Wildman–Crippen MR) is 122 cm³/mol. The lowest BCUT2D eigenvalue weighted by atomic mass is 10.1. The summed E-state index contributed by atoms with van der Waals surface area (Å²) >= 11 is 6.08. The Balaban J connectivity index is 2.14. The topological polar surface area (TPSA) is 110 Å². The molecule has 1 atom stereocenters. The second-order valence-corrected chi connectivity index (χ2v) is 9.22. The average Bonchev–Trinajstić information content (AvgIpc) is 2.74. The smallest absolute Gasteiger partial charge is 0.338 e. The molecule has 0 aliphatic carbocycles. The van der Waals surface area contributed by atoms with Crippen molar-refractivity contribution in [3.63, 3.8) is 0 Å². The van der Waals surface area contributed by atoms with Gasteiger partial charge in [-0.1, -0.05) is 25.4 Å². The fourth-order valence-corrected chi connectivity index (χ4v) is 4.80. The van der Waals surface area contributed by atoms with E-state index in [1.807, 2.05) is 0 Å². The number of hydrogen-bond donors (Lipinski definition) is 1. The lowest BCUT2D eigenvalue weighted by Crippen LogP contribution is -2.31. The van der Waals surface area contributed by atoms with Crippen LogP contribution in [0.4, 0.5) is 5.69 Å². The van der Waals surface area contributed by atoms with Gasteiger partial charge < -0.3 is 10.1 Å². The summed E-state index contributed by atoms with van der Waals surface area (Å²) in [5, 5.41) is 2.57. The van der Waals surface area contributed by atoms with Crippen molar-refractivity contribution >= 4 is 45.0 Å². The molecule has 0 bridgehead atoms. The van der Waals surface area contributed by atoms with Gasteiger partial charge in [-0.25, -0.2) is 13.2 Å². The highest BCUT2D eigenvalue weighted by Gasteiger charge is 2.27. The first-order valence-electron chi connectivity index (χ1n) is 9.93. The summed E-state index contributed by atoms with van der Waals surface area (Å²) in [6, 6.07) is 10.0. The number of nitrogens with one attached hydrogen (secondary N) is 1. The molecule has 0 aliphatic heterocycles. The molecular formula is C22H25ClN2O6S. The number of esters is 1. The molecular weight excluding hydrogens is 456 g/mol. The molecule has 0 radical (unpaired) electrons. The van der Waals surface area contributed by atoms with Gasteiger partial charge in [-0.2, -0.15) is 4.31 Å².